The minimum Gasteiger partial charge on any atom is -0.481 e. The second-order valence-corrected chi connectivity index (χ2v) is 6.50. The monoisotopic (exact) mass is 353 g/mol. The lowest BCUT2D eigenvalue weighted by Crippen LogP contribution is -2.45. The molecule has 3 rings (SSSR count). The minimum atomic E-state index is -0.852. The molecule has 0 spiro atoms. The van der Waals surface area contributed by atoms with E-state index in [-0.39, 0.29) is 18.4 Å². The first-order valence-electron chi connectivity index (χ1n) is 6.89. The smallest absolute Gasteiger partial charge is 0.311 e. The highest BCUT2D eigenvalue weighted by atomic mass is 79.9. The molecule has 0 aromatic heterocycles. The standard InChI is InChI=1S/C15H16BrNO4/c16-12-4-2-1-3-11(12)13(18)17-7-10-8-21-6-5-15(10,9-17)14(19)20/h1-4,10H,5-9H2,(H,19,20)/t10-,15+/m0/s1. The van der Waals surface area contributed by atoms with Crippen molar-refractivity contribution in [3.05, 3.63) is 34.3 Å². The number of hydrogen-bond acceptors (Lipinski definition) is 3. The molecule has 2 heterocycles. The van der Waals surface area contributed by atoms with Gasteiger partial charge in [0, 0.05) is 30.1 Å². The van der Waals surface area contributed by atoms with E-state index < -0.39 is 11.4 Å². The highest BCUT2D eigenvalue weighted by molar-refractivity contribution is 9.10. The van der Waals surface area contributed by atoms with Crippen LogP contribution >= 0.6 is 15.9 Å². The summed E-state index contributed by atoms with van der Waals surface area (Å²) in [5.74, 6) is -1.08. The molecule has 2 aliphatic heterocycles. The Bertz CT molecular complexity index is 591. The molecular formula is C15H16BrNO4. The molecule has 2 aliphatic rings. The maximum atomic E-state index is 12.6. The molecule has 21 heavy (non-hydrogen) atoms. The third kappa shape index (κ3) is 2.36. The van der Waals surface area contributed by atoms with Gasteiger partial charge in [0.25, 0.3) is 5.91 Å². The van der Waals surface area contributed by atoms with E-state index in [1.165, 1.54) is 0 Å². The first-order chi connectivity index (χ1) is 10.0. The fraction of sp³-hybridized carbons (Fsp3) is 0.467. The van der Waals surface area contributed by atoms with Crippen molar-refractivity contribution in [2.75, 3.05) is 26.3 Å². The molecule has 0 bridgehead atoms. The number of nitrogens with zero attached hydrogens (tertiary/aromatic N) is 1. The number of carbonyl (C=O) groups is 2. The Morgan fingerprint density at radius 1 is 1.38 bits per heavy atom. The van der Waals surface area contributed by atoms with Gasteiger partial charge in [-0.25, -0.2) is 0 Å². The van der Waals surface area contributed by atoms with E-state index in [9.17, 15) is 14.7 Å². The second-order valence-electron chi connectivity index (χ2n) is 5.65. The van der Waals surface area contributed by atoms with Crippen LogP contribution in [0.4, 0.5) is 0 Å². The Labute approximate surface area is 131 Å². The van der Waals surface area contributed by atoms with Crippen molar-refractivity contribution in [2.45, 2.75) is 6.42 Å². The van der Waals surface area contributed by atoms with Crippen molar-refractivity contribution >= 4 is 27.8 Å². The summed E-state index contributed by atoms with van der Waals surface area (Å²) in [7, 11) is 0. The van der Waals surface area contributed by atoms with Crippen LogP contribution in [-0.2, 0) is 9.53 Å². The number of rotatable bonds is 2. The molecule has 0 unspecified atom stereocenters. The summed E-state index contributed by atoms with van der Waals surface area (Å²) in [6.07, 6.45) is 0.465. The predicted octanol–water partition coefficient (Wildman–Crippen LogP) is 2.01. The lowest BCUT2D eigenvalue weighted by molar-refractivity contribution is -0.157. The fourth-order valence-corrected chi connectivity index (χ4v) is 3.71. The van der Waals surface area contributed by atoms with Crippen molar-refractivity contribution in [1.29, 1.82) is 0 Å². The van der Waals surface area contributed by atoms with Gasteiger partial charge in [-0.15, -0.1) is 0 Å². The van der Waals surface area contributed by atoms with Crippen LogP contribution in [0.2, 0.25) is 0 Å². The fourth-order valence-electron chi connectivity index (χ4n) is 3.26. The molecule has 2 atom stereocenters. The molecule has 0 radical (unpaired) electrons. The number of ether oxygens (including phenoxy) is 1. The zero-order valence-electron chi connectivity index (χ0n) is 11.4. The first kappa shape index (κ1) is 14.5. The summed E-state index contributed by atoms with van der Waals surface area (Å²) in [6, 6.07) is 7.21. The van der Waals surface area contributed by atoms with Crippen LogP contribution in [0, 0.1) is 11.3 Å². The second kappa shape index (κ2) is 5.42. The topological polar surface area (TPSA) is 66.8 Å². The molecule has 112 valence electrons. The number of amides is 1. The van der Waals surface area contributed by atoms with Gasteiger partial charge in [-0.05, 0) is 34.5 Å². The van der Waals surface area contributed by atoms with Gasteiger partial charge in [-0.3, -0.25) is 9.59 Å². The number of carbonyl (C=O) groups excluding carboxylic acids is 1. The summed E-state index contributed by atoms with van der Waals surface area (Å²) in [5, 5.41) is 9.62. The molecule has 0 saturated carbocycles. The average molecular weight is 354 g/mol. The van der Waals surface area contributed by atoms with Crippen molar-refractivity contribution in [2.24, 2.45) is 11.3 Å². The molecule has 1 N–H and O–H groups in total. The van der Waals surface area contributed by atoms with E-state index in [4.69, 9.17) is 4.74 Å². The predicted molar refractivity (Wildman–Crippen MR) is 79.0 cm³/mol. The SMILES string of the molecule is O=C(c1ccccc1Br)N1C[C@H]2COCC[C@@]2(C(=O)O)C1. The van der Waals surface area contributed by atoms with Crippen LogP contribution in [0.1, 0.15) is 16.8 Å². The van der Waals surface area contributed by atoms with Crippen LogP contribution in [0.15, 0.2) is 28.7 Å². The lowest BCUT2D eigenvalue weighted by Gasteiger charge is -2.33. The van der Waals surface area contributed by atoms with Crippen molar-refractivity contribution in [1.82, 2.24) is 4.90 Å². The van der Waals surface area contributed by atoms with Gasteiger partial charge in [0.15, 0.2) is 0 Å². The summed E-state index contributed by atoms with van der Waals surface area (Å²) >= 11 is 3.37. The summed E-state index contributed by atoms with van der Waals surface area (Å²) in [4.78, 5) is 26.0. The molecule has 1 aromatic carbocycles. The number of hydrogen-bond donors (Lipinski definition) is 1. The Morgan fingerprint density at radius 2 is 2.14 bits per heavy atom. The molecule has 6 heteroatoms. The minimum absolute atomic E-state index is 0.127. The number of halogens is 1. The highest BCUT2D eigenvalue weighted by Gasteiger charge is 2.55. The zero-order valence-corrected chi connectivity index (χ0v) is 13.0. The molecule has 2 fully saturated rings. The number of likely N-dealkylation sites (tertiary alicyclic amines) is 1. The molecule has 0 aliphatic carbocycles. The number of fused-ring (bicyclic) bond motifs is 1. The van der Waals surface area contributed by atoms with E-state index in [2.05, 4.69) is 15.9 Å². The van der Waals surface area contributed by atoms with E-state index in [1.54, 1.807) is 17.0 Å². The van der Waals surface area contributed by atoms with Crippen LogP contribution in [0.25, 0.3) is 0 Å². The molecular weight excluding hydrogens is 338 g/mol. The Kier molecular flexibility index (Phi) is 3.75. The van der Waals surface area contributed by atoms with Gasteiger partial charge in [0.2, 0.25) is 0 Å². The number of carboxylic acids is 1. The highest BCUT2D eigenvalue weighted by Crippen LogP contribution is 2.43. The maximum absolute atomic E-state index is 12.6. The average Bonchev–Trinajstić information content (AvgIpc) is 2.88. The first-order valence-corrected chi connectivity index (χ1v) is 7.69. The van der Waals surface area contributed by atoms with Gasteiger partial charge >= 0.3 is 5.97 Å². The van der Waals surface area contributed by atoms with Crippen LogP contribution in [-0.4, -0.2) is 48.2 Å². The molecule has 1 amide bonds. The van der Waals surface area contributed by atoms with Gasteiger partial charge in [-0.2, -0.15) is 0 Å². The van der Waals surface area contributed by atoms with Gasteiger partial charge < -0.3 is 14.7 Å². The van der Waals surface area contributed by atoms with Crippen molar-refractivity contribution in [3.63, 3.8) is 0 Å². The lowest BCUT2D eigenvalue weighted by atomic mass is 9.74. The Balaban J connectivity index is 1.87. The van der Waals surface area contributed by atoms with E-state index in [1.807, 2.05) is 12.1 Å². The quantitative estimate of drug-likeness (QED) is 0.883. The van der Waals surface area contributed by atoms with E-state index in [0.717, 1.165) is 4.47 Å². The largest absolute Gasteiger partial charge is 0.481 e. The van der Waals surface area contributed by atoms with Gasteiger partial charge in [0.1, 0.15) is 0 Å². The molecule has 1 aromatic rings. The number of aliphatic carboxylic acids is 1. The number of carboxylic acid groups (broad SMARTS) is 1. The Hall–Kier alpha value is -1.40. The zero-order chi connectivity index (χ0) is 15.0. The Morgan fingerprint density at radius 3 is 2.81 bits per heavy atom. The maximum Gasteiger partial charge on any atom is 0.311 e. The van der Waals surface area contributed by atoms with Gasteiger partial charge in [-0.1, -0.05) is 12.1 Å². The third-order valence-electron chi connectivity index (χ3n) is 4.52. The third-order valence-corrected chi connectivity index (χ3v) is 5.22. The number of benzene rings is 1. The summed E-state index contributed by atoms with van der Waals surface area (Å²) in [5.41, 5.74) is -0.285. The van der Waals surface area contributed by atoms with Crippen molar-refractivity contribution < 1.29 is 19.4 Å². The van der Waals surface area contributed by atoms with Crippen LogP contribution in [0.3, 0.4) is 0 Å². The molecule has 5 nitrogen and oxygen atoms in total. The van der Waals surface area contributed by atoms with E-state index >= 15 is 0 Å². The van der Waals surface area contributed by atoms with Crippen LogP contribution in [0.5, 0.6) is 0 Å². The van der Waals surface area contributed by atoms with E-state index in [0.29, 0.717) is 31.7 Å². The summed E-state index contributed by atoms with van der Waals surface area (Å²) < 4.78 is 6.13. The molecule has 2 saturated heterocycles. The summed E-state index contributed by atoms with van der Waals surface area (Å²) in [6.45, 7) is 1.55. The van der Waals surface area contributed by atoms with Gasteiger partial charge in [0.05, 0.1) is 17.6 Å². The normalized spacial score (nSPS) is 28.2. The van der Waals surface area contributed by atoms with Crippen LogP contribution < -0.4 is 0 Å². The van der Waals surface area contributed by atoms with Crippen molar-refractivity contribution in [3.8, 4) is 0 Å².